The molecule has 0 spiro atoms. The minimum atomic E-state index is -3.52. The zero-order valence-corrected chi connectivity index (χ0v) is 23.7. The average molecular weight is 555 g/mol. The molecule has 0 radical (unpaired) electrons. The van der Waals surface area contributed by atoms with Gasteiger partial charge in [-0.1, -0.05) is 50.0 Å². The van der Waals surface area contributed by atoms with Crippen LogP contribution in [0.4, 0.5) is 0 Å². The van der Waals surface area contributed by atoms with Crippen molar-refractivity contribution in [3.8, 4) is 0 Å². The van der Waals surface area contributed by atoms with E-state index in [4.69, 9.17) is 28.0 Å². The second kappa shape index (κ2) is 14.7. The van der Waals surface area contributed by atoms with Crippen LogP contribution in [0.2, 0.25) is 0 Å². The Labute approximate surface area is 226 Å². The lowest BCUT2D eigenvalue weighted by atomic mass is 9.96. The molecule has 6 atom stereocenters. The number of allylic oxidation sites excluding steroid dienone is 1. The molecule has 1 unspecified atom stereocenters. The van der Waals surface area contributed by atoms with Gasteiger partial charge in [0.15, 0.2) is 5.79 Å². The van der Waals surface area contributed by atoms with Gasteiger partial charge in [0.05, 0.1) is 24.4 Å². The highest BCUT2D eigenvalue weighted by Gasteiger charge is 2.56. The molecule has 0 bridgehead atoms. The molecule has 0 amide bonds. The number of benzene rings is 1. The fourth-order valence-electron chi connectivity index (χ4n) is 4.76. The minimum Gasteiger partial charge on any atom is -0.459 e. The highest BCUT2D eigenvalue weighted by Crippen LogP contribution is 2.51. The van der Waals surface area contributed by atoms with Crippen molar-refractivity contribution in [1.29, 1.82) is 0 Å². The number of esters is 1. The molecule has 0 saturated carbocycles. The quantitative estimate of drug-likeness (QED) is 0.127. The van der Waals surface area contributed by atoms with Gasteiger partial charge in [0.1, 0.15) is 31.0 Å². The van der Waals surface area contributed by atoms with Crippen molar-refractivity contribution in [2.24, 2.45) is 0 Å². The van der Waals surface area contributed by atoms with Gasteiger partial charge in [-0.25, -0.2) is 4.79 Å². The summed E-state index contributed by atoms with van der Waals surface area (Å²) in [7, 11) is -2.17. The number of aliphatic hydroxyl groups is 1. The first-order valence-corrected chi connectivity index (χ1v) is 15.2. The number of rotatable bonds is 16. The van der Waals surface area contributed by atoms with Gasteiger partial charge in [-0.2, -0.15) is 0 Å². The van der Waals surface area contributed by atoms with E-state index in [-0.39, 0.29) is 12.8 Å². The van der Waals surface area contributed by atoms with E-state index in [1.807, 2.05) is 6.08 Å². The monoisotopic (exact) mass is 554 g/mol. The first-order valence-electron chi connectivity index (χ1n) is 13.5. The van der Waals surface area contributed by atoms with Gasteiger partial charge >= 0.3 is 13.6 Å². The number of fused-ring (bicyclic) bond motifs is 1. The van der Waals surface area contributed by atoms with Gasteiger partial charge in [-0.3, -0.25) is 4.57 Å². The third-order valence-electron chi connectivity index (χ3n) is 6.76. The van der Waals surface area contributed by atoms with Crippen LogP contribution < -0.4 is 0 Å². The number of carbonyl (C=O) groups is 1. The van der Waals surface area contributed by atoms with Crippen molar-refractivity contribution >= 4 is 13.6 Å². The maximum absolute atomic E-state index is 13.5. The Morgan fingerprint density at radius 1 is 1.05 bits per heavy atom. The van der Waals surface area contributed by atoms with Gasteiger partial charge in [-0.05, 0) is 45.2 Å². The van der Waals surface area contributed by atoms with Gasteiger partial charge in [0, 0.05) is 7.11 Å². The molecule has 3 rings (SSSR count). The molecule has 1 aromatic rings. The number of hydrogen-bond donors (Lipinski definition) is 1. The lowest BCUT2D eigenvalue weighted by Crippen LogP contribution is -2.58. The van der Waals surface area contributed by atoms with Crippen LogP contribution in [0.3, 0.4) is 0 Å². The van der Waals surface area contributed by atoms with Crippen LogP contribution in [0.5, 0.6) is 0 Å². The Morgan fingerprint density at radius 3 is 2.39 bits per heavy atom. The van der Waals surface area contributed by atoms with E-state index < -0.39 is 49.9 Å². The van der Waals surface area contributed by atoms with Gasteiger partial charge in [0.2, 0.25) is 0 Å². The number of carbonyl (C=O) groups excluding carboxylic acids is 1. The van der Waals surface area contributed by atoms with Gasteiger partial charge in [-0.15, -0.1) is 6.58 Å². The molecular weight excluding hydrogens is 511 g/mol. The first kappa shape index (κ1) is 31.0. The molecule has 38 heavy (non-hydrogen) atoms. The topological polar surface area (TPSA) is 110 Å². The summed E-state index contributed by atoms with van der Waals surface area (Å²) in [4.78, 5) is 12.4. The SMILES string of the molecule is C=CCCCCCCCCOP(=O)(C[C@H]1O[C@H](COC(=O)c2ccccc2)[C@@H](O)[C@@H]2OC(C)(C)O[C@@H]21)OC. The summed E-state index contributed by atoms with van der Waals surface area (Å²) < 4.78 is 48.0. The summed E-state index contributed by atoms with van der Waals surface area (Å²) in [5, 5.41) is 11.0. The molecule has 1 N–H and O–H groups in total. The Bertz CT molecular complexity index is 922. The second-order valence-electron chi connectivity index (χ2n) is 10.2. The van der Waals surface area contributed by atoms with Crippen molar-refractivity contribution < 1.29 is 42.5 Å². The minimum absolute atomic E-state index is 0.0818. The molecule has 2 heterocycles. The van der Waals surface area contributed by atoms with E-state index in [9.17, 15) is 14.5 Å². The molecule has 1 aromatic carbocycles. The van der Waals surface area contributed by atoms with E-state index in [1.165, 1.54) is 13.5 Å². The molecule has 10 heteroatoms. The molecular formula is C28H43O9P. The third-order valence-corrected chi connectivity index (χ3v) is 8.70. The van der Waals surface area contributed by atoms with Crippen LogP contribution in [-0.2, 0) is 32.6 Å². The highest BCUT2D eigenvalue weighted by molar-refractivity contribution is 7.53. The van der Waals surface area contributed by atoms with Crippen LogP contribution >= 0.6 is 7.60 Å². The molecule has 0 aromatic heterocycles. The summed E-state index contributed by atoms with van der Waals surface area (Å²) in [5.74, 6) is -1.51. The van der Waals surface area contributed by atoms with Crippen LogP contribution in [0.15, 0.2) is 43.0 Å². The number of ether oxygens (including phenoxy) is 4. The molecule has 214 valence electrons. The fraction of sp³-hybridized carbons (Fsp3) is 0.679. The number of aliphatic hydroxyl groups excluding tert-OH is 1. The first-order chi connectivity index (χ1) is 18.2. The predicted octanol–water partition coefficient (Wildman–Crippen LogP) is 5.26. The molecule has 2 fully saturated rings. The van der Waals surface area contributed by atoms with E-state index in [1.54, 1.807) is 44.2 Å². The standard InChI is InChI=1S/C28H43O9P/c1-5-6-7-8-9-10-11-15-18-34-38(31,32-4)20-23-25-26(37-28(2,3)36-25)24(29)22(35-23)19-33-27(30)21-16-13-12-14-17-21/h5,12-14,16-17,22-26,29H,1,6-11,15,18-20H2,2-4H3/t22-,23-,24-,25-,26+,38?/m1/s1. The van der Waals surface area contributed by atoms with E-state index >= 15 is 0 Å². The summed E-state index contributed by atoms with van der Waals surface area (Å²) in [6.07, 6.45) is 5.02. The molecule has 2 saturated heterocycles. The van der Waals surface area contributed by atoms with Crippen LogP contribution in [-0.4, -0.2) is 73.9 Å². The maximum atomic E-state index is 13.5. The zero-order valence-electron chi connectivity index (χ0n) is 22.8. The van der Waals surface area contributed by atoms with E-state index in [0.29, 0.717) is 12.2 Å². The maximum Gasteiger partial charge on any atom is 0.338 e. The second-order valence-corrected chi connectivity index (χ2v) is 12.5. The summed E-state index contributed by atoms with van der Waals surface area (Å²) in [6.45, 7) is 7.32. The normalized spacial score (nSPS) is 27.8. The third kappa shape index (κ3) is 8.98. The van der Waals surface area contributed by atoms with Crippen molar-refractivity contribution in [3.05, 3.63) is 48.6 Å². The van der Waals surface area contributed by atoms with Crippen LogP contribution in [0.1, 0.15) is 69.2 Å². The summed E-state index contributed by atoms with van der Waals surface area (Å²) in [5.41, 5.74) is 0.392. The average Bonchev–Trinajstić information content (AvgIpc) is 3.25. The summed E-state index contributed by atoms with van der Waals surface area (Å²) >= 11 is 0. The van der Waals surface area contributed by atoms with Gasteiger partial charge in [0.25, 0.3) is 0 Å². The smallest absolute Gasteiger partial charge is 0.338 e. The Hall–Kier alpha value is -1.58. The van der Waals surface area contributed by atoms with Crippen molar-refractivity contribution in [1.82, 2.24) is 0 Å². The molecule has 2 aliphatic rings. The number of unbranched alkanes of at least 4 members (excludes halogenated alkanes) is 6. The zero-order chi connectivity index (χ0) is 27.6. The van der Waals surface area contributed by atoms with Crippen molar-refractivity contribution in [2.75, 3.05) is 26.5 Å². The van der Waals surface area contributed by atoms with E-state index in [0.717, 1.165) is 38.5 Å². The lowest BCUT2D eigenvalue weighted by Gasteiger charge is -2.40. The largest absolute Gasteiger partial charge is 0.459 e. The fourth-order valence-corrected chi connectivity index (χ4v) is 6.27. The lowest BCUT2D eigenvalue weighted by molar-refractivity contribution is -0.191. The summed E-state index contributed by atoms with van der Waals surface area (Å²) in [6, 6.07) is 8.57. The van der Waals surface area contributed by atoms with Gasteiger partial charge < -0.3 is 33.1 Å². The molecule has 0 aliphatic carbocycles. The van der Waals surface area contributed by atoms with E-state index in [2.05, 4.69) is 6.58 Å². The van der Waals surface area contributed by atoms with Crippen molar-refractivity contribution in [3.63, 3.8) is 0 Å². The highest BCUT2D eigenvalue weighted by atomic mass is 31.2. The van der Waals surface area contributed by atoms with Crippen molar-refractivity contribution in [2.45, 2.75) is 95.1 Å². The molecule has 9 nitrogen and oxygen atoms in total. The molecule has 2 aliphatic heterocycles. The Morgan fingerprint density at radius 2 is 1.71 bits per heavy atom. The Balaban J connectivity index is 1.56. The number of hydrogen-bond acceptors (Lipinski definition) is 9. The predicted molar refractivity (Wildman–Crippen MR) is 143 cm³/mol. The van der Waals surface area contributed by atoms with Crippen LogP contribution in [0, 0.1) is 0 Å². The Kier molecular flexibility index (Phi) is 12.0. The van der Waals surface area contributed by atoms with Crippen LogP contribution in [0.25, 0.3) is 0 Å².